The Morgan fingerprint density at radius 3 is 2.90 bits per heavy atom. The largest absolute Gasteiger partial charge is 0.494 e. The minimum Gasteiger partial charge on any atom is -0.494 e. The molecule has 0 unspecified atom stereocenters. The average molecular weight is 310 g/mol. The monoisotopic (exact) mass is 309 g/mol. The first-order chi connectivity index (χ1) is 9.72. The Bertz CT molecular complexity index is 569. The summed E-state index contributed by atoms with van der Waals surface area (Å²) < 4.78 is 5.48. The molecule has 0 bridgehead atoms. The fraction of sp³-hybridized carbons (Fsp3) is 0.267. The second-order valence-corrected chi connectivity index (χ2v) is 5.49. The Hall–Kier alpha value is -1.52. The van der Waals surface area contributed by atoms with Gasteiger partial charge in [-0.3, -0.25) is 4.79 Å². The minimum absolute atomic E-state index is 0.0304. The first kappa shape index (κ1) is 14.9. The van der Waals surface area contributed by atoms with Gasteiger partial charge in [0.25, 0.3) is 0 Å². The van der Waals surface area contributed by atoms with Crippen molar-refractivity contribution in [3.05, 3.63) is 46.2 Å². The number of carbonyl (C=O) groups is 1. The standard InChI is InChI=1S/C15H16ClNO2S/c1-2-19-14-6-5-12(8-11(14)10-16)17-15(18)9-13-4-3-7-20-13/h3-8H,2,9-10H2,1H3,(H,17,18). The van der Waals surface area contributed by atoms with Crippen LogP contribution in [0.25, 0.3) is 0 Å². The first-order valence-corrected chi connectivity index (χ1v) is 7.78. The zero-order valence-electron chi connectivity index (χ0n) is 11.2. The number of alkyl halides is 1. The zero-order valence-corrected chi connectivity index (χ0v) is 12.8. The third kappa shape index (κ3) is 3.99. The summed E-state index contributed by atoms with van der Waals surface area (Å²) in [5, 5.41) is 4.84. The van der Waals surface area contributed by atoms with Gasteiger partial charge in [-0.25, -0.2) is 0 Å². The van der Waals surface area contributed by atoms with Crippen molar-refractivity contribution >= 4 is 34.5 Å². The van der Waals surface area contributed by atoms with Crippen LogP contribution in [0, 0.1) is 0 Å². The highest BCUT2D eigenvalue weighted by molar-refractivity contribution is 7.10. The molecular weight excluding hydrogens is 294 g/mol. The van der Waals surface area contributed by atoms with Crippen molar-refractivity contribution in [1.29, 1.82) is 0 Å². The van der Waals surface area contributed by atoms with Crippen LogP contribution < -0.4 is 10.1 Å². The maximum atomic E-state index is 11.9. The molecule has 106 valence electrons. The van der Waals surface area contributed by atoms with Gasteiger partial charge in [0.1, 0.15) is 5.75 Å². The molecule has 0 atom stereocenters. The molecule has 0 fully saturated rings. The van der Waals surface area contributed by atoms with Crippen molar-refractivity contribution < 1.29 is 9.53 Å². The van der Waals surface area contributed by atoms with Crippen LogP contribution in [-0.2, 0) is 17.1 Å². The van der Waals surface area contributed by atoms with Crippen molar-refractivity contribution in [2.45, 2.75) is 19.2 Å². The van der Waals surface area contributed by atoms with Crippen molar-refractivity contribution in [2.75, 3.05) is 11.9 Å². The van der Waals surface area contributed by atoms with Crippen LogP contribution in [0.15, 0.2) is 35.7 Å². The lowest BCUT2D eigenvalue weighted by atomic mass is 10.2. The molecule has 0 aliphatic carbocycles. The maximum absolute atomic E-state index is 11.9. The summed E-state index contributed by atoms with van der Waals surface area (Å²) >= 11 is 7.48. The number of carbonyl (C=O) groups excluding carboxylic acids is 1. The molecule has 0 aliphatic rings. The van der Waals surface area contributed by atoms with Crippen molar-refractivity contribution in [3.63, 3.8) is 0 Å². The van der Waals surface area contributed by atoms with Gasteiger partial charge in [0, 0.05) is 16.1 Å². The molecule has 0 aliphatic heterocycles. The van der Waals surface area contributed by atoms with Gasteiger partial charge in [-0.1, -0.05) is 6.07 Å². The number of benzene rings is 1. The molecule has 1 aromatic heterocycles. The molecule has 0 saturated carbocycles. The molecule has 1 heterocycles. The van der Waals surface area contributed by atoms with Gasteiger partial charge in [0.2, 0.25) is 5.91 Å². The van der Waals surface area contributed by atoms with E-state index in [-0.39, 0.29) is 5.91 Å². The van der Waals surface area contributed by atoms with E-state index < -0.39 is 0 Å². The summed E-state index contributed by atoms with van der Waals surface area (Å²) in [7, 11) is 0. The third-order valence-corrected chi connectivity index (χ3v) is 3.87. The highest BCUT2D eigenvalue weighted by Crippen LogP contribution is 2.24. The lowest BCUT2D eigenvalue weighted by Crippen LogP contribution is -2.13. The van der Waals surface area contributed by atoms with Crippen LogP contribution in [0.5, 0.6) is 5.75 Å². The van der Waals surface area contributed by atoms with Crippen LogP contribution in [0.1, 0.15) is 17.4 Å². The van der Waals surface area contributed by atoms with Crippen LogP contribution in [0.2, 0.25) is 0 Å². The molecule has 0 spiro atoms. The first-order valence-electron chi connectivity index (χ1n) is 6.37. The summed E-state index contributed by atoms with van der Waals surface area (Å²) in [6.07, 6.45) is 0.390. The molecule has 0 radical (unpaired) electrons. The summed E-state index contributed by atoms with van der Waals surface area (Å²) in [6.45, 7) is 2.52. The summed E-state index contributed by atoms with van der Waals surface area (Å²) in [5.74, 6) is 1.08. The average Bonchev–Trinajstić information content (AvgIpc) is 2.93. The topological polar surface area (TPSA) is 38.3 Å². The fourth-order valence-electron chi connectivity index (χ4n) is 1.83. The molecule has 1 amide bonds. The number of rotatable bonds is 6. The Kier molecular flexibility index (Phi) is 5.44. The predicted octanol–water partition coefficient (Wildman–Crippen LogP) is 4.07. The number of hydrogen-bond donors (Lipinski definition) is 1. The zero-order chi connectivity index (χ0) is 14.4. The van der Waals surface area contributed by atoms with Crippen LogP contribution in [-0.4, -0.2) is 12.5 Å². The van der Waals surface area contributed by atoms with Gasteiger partial charge in [0.15, 0.2) is 0 Å². The molecule has 1 aromatic carbocycles. The third-order valence-electron chi connectivity index (χ3n) is 2.70. The lowest BCUT2D eigenvalue weighted by molar-refractivity contribution is -0.115. The van der Waals surface area contributed by atoms with E-state index in [4.69, 9.17) is 16.3 Å². The SMILES string of the molecule is CCOc1ccc(NC(=O)Cc2cccs2)cc1CCl. The second kappa shape index (κ2) is 7.31. The van der Waals surface area contributed by atoms with E-state index in [9.17, 15) is 4.79 Å². The lowest BCUT2D eigenvalue weighted by Gasteiger charge is -2.11. The Labute approximate surface area is 127 Å². The summed E-state index contributed by atoms with van der Waals surface area (Å²) in [5.41, 5.74) is 1.62. The number of ether oxygens (including phenoxy) is 1. The second-order valence-electron chi connectivity index (χ2n) is 4.19. The van der Waals surface area contributed by atoms with Crippen molar-refractivity contribution in [2.24, 2.45) is 0 Å². The van der Waals surface area contributed by atoms with E-state index in [0.29, 0.717) is 18.9 Å². The van der Waals surface area contributed by atoms with E-state index in [1.54, 1.807) is 11.3 Å². The van der Waals surface area contributed by atoms with Gasteiger partial charge in [-0.05, 0) is 36.6 Å². The van der Waals surface area contributed by atoms with E-state index in [1.165, 1.54) is 0 Å². The molecule has 3 nitrogen and oxygen atoms in total. The molecule has 0 saturated heterocycles. The number of nitrogens with one attached hydrogen (secondary N) is 1. The van der Waals surface area contributed by atoms with E-state index in [2.05, 4.69) is 5.32 Å². The van der Waals surface area contributed by atoms with Crippen LogP contribution >= 0.6 is 22.9 Å². The smallest absolute Gasteiger partial charge is 0.229 e. The fourth-order valence-corrected chi connectivity index (χ4v) is 2.75. The number of halogens is 1. The number of anilines is 1. The van der Waals surface area contributed by atoms with Crippen LogP contribution in [0.4, 0.5) is 5.69 Å². The summed E-state index contributed by atoms with van der Waals surface area (Å²) in [4.78, 5) is 13.0. The van der Waals surface area contributed by atoms with Crippen molar-refractivity contribution in [3.8, 4) is 5.75 Å². The van der Waals surface area contributed by atoms with Crippen LogP contribution in [0.3, 0.4) is 0 Å². The molecule has 20 heavy (non-hydrogen) atoms. The van der Waals surface area contributed by atoms with E-state index >= 15 is 0 Å². The van der Waals surface area contributed by atoms with Gasteiger partial charge in [-0.15, -0.1) is 22.9 Å². The molecule has 1 N–H and O–H groups in total. The molecular formula is C15H16ClNO2S. The number of hydrogen-bond acceptors (Lipinski definition) is 3. The van der Waals surface area contributed by atoms with Gasteiger partial charge in [-0.2, -0.15) is 0 Å². The molecule has 5 heteroatoms. The van der Waals surface area contributed by atoms with Gasteiger partial charge in [0.05, 0.1) is 18.9 Å². The quantitative estimate of drug-likeness (QED) is 0.817. The minimum atomic E-state index is -0.0304. The van der Waals surface area contributed by atoms with Gasteiger partial charge >= 0.3 is 0 Å². The summed E-state index contributed by atoms with van der Waals surface area (Å²) in [6, 6.07) is 9.40. The number of amides is 1. The highest BCUT2D eigenvalue weighted by Gasteiger charge is 2.08. The number of thiophene rings is 1. The predicted molar refractivity (Wildman–Crippen MR) is 83.8 cm³/mol. The van der Waals surface area contributed by atoms with E-state index in [1.807, 2.05) is 42.6 Å². The normalized spacial score (nSPS) is 10.3. The molecule has 2 aromatic rings. The maximum Gasteiger partial charge on any atom is 0.229 e. The van der Waals surface area contributed by atoms with Gasteiger partial charge < -0.3 is 10.1 Å². The Balaban J connectivity index is 2.03. The Morgan fingerprint density at radius 2 is 2.25 bits per heavy atom. The van der Waals surface area contributed by atoms with Crippen molar-refractivity contribution in [1.82, 2.24) is 0 Å². The van der Waals surface area contributed by atoms with E-state index in [0.717, 1.165) is 21.9 Å². The Morgan fingerprint density at radius 1 is 1.40 bits per heavy atom. The highest BCUT2D eigenvalue weighted by atomic mass is 35.5. The molecule has 2 rings (SSSR count).